The molecule has 0 saturated heterocycles. The van der Waals surface area contributed by atoms with Gasteiger partial charge in [-0.2, -0.15) is 0 Å². The zero-order valence-electron chi connectivity index (χ0n) is 12.8. The number of hydrogen-bond acceptors (Lipinski definition) is 6. The van der Waals surface area contributed by atoms with Crippen LogP contribution < -0.4 is 10.6 Å². The predicted molar refractivity (Wildman–Crippen MR) is 98.6 cm³/mol. The van der Waals surface area contributed by atoms with Crippen molar-refractivity contribution in [2.45, 2.75) is 13.3 Å². The lowest BCUT2D eigenvalue weighted by molar-refractivity contribution is -0.115. The zero-order valence-corrected chi connectivity index (χ0v) is 15.2. The Hall–Kier alpha value is -2.32. The molecule has 0 spiro atoms. The van der Waals surface area contributed by atoms with Crippen LogP contribution in [0.5, 0.6) is 0 Å². The quantitative estimate of drug-likeness (QED) is 0.674. The van der Waals surface area contributed by atoms with Gasteiger partial charge in [-0.1, -0.05) is 15.9 Å². The molecule has 0 aliphatic carbocycles. The van der Waals surface area contributed by atoms with Crippen LogP contribution in [0.15, 0.2) is 46.5 Å². The first kappa shape index (κ1) is 16.5. The van der Waals surface area contributed by atoms with E-state index in [1.54, 1.807) is 18.5 Å². The van der Waals surface area contributed by atoms with Gasteiger partial charge in [-0.15, -0.1) is 11.3 Å². The Morgan fingerprint density at radius 3 is 2.83 bits per heavy atom. The van der Waals surface area contributed by atoms with Gasteiger partial charge >= 0.3 is 0 Å². The minimum atomic E-state index is -0.107. The van der Waals surface area contributed by atoms with Gasteiger partial charge in [-0.05, 0) is 36.8 Å². The van der Waals surface area contributed by atoms with Crippen LogP contribution in [0.4, 0.5) is 16.8 Å². The largest absolute Gasteiger partial charge is 0.326 e. The fraction of sp³-hybridized carbons (Fsp3) is 0.125. The summed E-state index contributed by atoms with van der Waals surface area (Å²) in [4.78, 5) is 24.7. The highest BCUT2D eigenvalue weighted by Gasteiger charge is 2.09. The Bertz CT molecular complexity index is 853. The van der Waals surface area contributed by atoms with E-state index in [0.717, 1.165) is 15.7 Å². The maximum Gasteiger partial charge on any atom is 0.230 e. The number of rotatable bonds is 5. The molecule has 24 heavy (non-hydrogen) atoms. The van der Waals surface area contributed by atoms with E-state index in [0.29, 0.717) is 16.8 Å². The van der Waals surface area contributed by atoms with Crippen LogP contribution in [0.3, 0.4) is 0 Å². The van der Waals surface area contributed by atoms with Crippen LogP contribution in [-0.2, 0) is 11.2 Å². The highest BCUT2D eigenvalue weighted by molar-refractivity contribution is 9.10. The number of carbonyl (C=O) groups excluding carboxylic acids is 1. The molecule has 2 heterocycles. The molecule has 8 heteroatoms. The third-order valence-electron chi connectivity index (χ3n) is 3.12. The summed E-state index contributed by atoms with van der Waals surface area (Å²) in [6.45, 7) is 1.98. The number of aryl methyl sites for hydroxylation is 1. The Labute approximate surface area is 151 Å². The van der Waals surface area contributed by atoms with Crippen LogP contribution in [0.2, 0.25) is 0 Å². The zero-order chi connectivity index (χ0) is 16.9. The lowest BCUT2D eigenvalue weighted by atomic mass is 10.2. The van der Waals surface area contributed by atoms with Crippen molar-refractivity contribution in [3.63, 3.8) is 0 Å². The summed E-state index contributed by atoms with van der Waals surface area (Å²) in [6, 6.07) is 7.43. The molecule has 3 rings (SSSR count). The molecule has 122 valence electrons. The second-order valence-electron chi connectivity index (χ2n) is 5.03. The Kier molecular flexibility index (Phi) is 5.17. The van der Waals surface area contributed by atoms with Crippen LogP contribution >= 0.6 is 27.3 Å². The summed E-state index contributed by atoms with van der Waals surface area (Å²) in [6.07, 6.45) is 3.51. The summed E-state index contributed by atoms with van der Waals surface area (Å²) in [5.74, 6) is 0.373. The van der Waals surface area contributed by atoms with Crippen molar-refractivity contribution < 1.29 is 4.79 Å². The average Bonchev–Trinajstić information content (AvgIpc) is 2.99. The molecule has 2 aromatic heterocycles. The van der Waals surface area contributed by atoms with Gasteiger partial charge in [0, 0.05) is 27.9 Å². The van der Waals surface area contributed by atoms with Gasteiger partial charge in [0.1, 0.15) is 0 Å². The topological polar surface area (TPSA) is 79.8 Å². The fourth-order valence-corrected chi connectivity index (χ4v) is 2.95. The minimum absolute atomic E-state index is 0.107. The van der Waals surface area contributed by atoms with Crippen LogP contribution in [0.25, 0.3) is 0 Å². The monoisotopic (exact) mass is 403 g/mol. The smallest absolute Gasteiger partial charge is 0.230 e. The molecule has 0 saturated carbocycles. The van der Waals surface area contributed by atoms with Gasteiger partial charge in [0.2, 0.25) is 11.9 Å². The minimum Gasteiger partial charge on any atom is -0.326 e. The molecular weight excluding hydrogens is 390 g/mol. The first-order valence-electron chi connectivity index (χ1n) is 7.14. The van der Waals surface area contributed by atoms with Crippen molar-refractivity contribution in [2.75, 3.05) is 10.6 Å². The van der Waals surface area contributed by atoms with Crippen molar-refractivity contribution in [1.82, 2.24) is 15.0 Å². The fourth-order valence-electron chi connectivity index (χ4n) is 2.00. The second-order valence-corrected chi connectivity index (χ2v) is 6.74. The summed E-state index contributed by atoms with van der Waals surface area (Å²) in [5, 5.41) is 8.39. The van der Waals surface area contributed by atoms with E-state index in [1.807, 2.05) is 30.5 Å². The molecule has 1 amide bonds. The number of benzene rings is 1. The SMILES string of the molecule is Cc1cc(NC(=O)Cc2csc(Nc3ncccn3)n2)ccc1Br. The number of hydrogen-bond donors (Lipinski definition) is 2. The number of nitrogens with one attached hydrogen (secondary N) is 2. The van der Waals surface area contributed by atoms with E-state index >= 15 is 0 Å². The van der Waals surface area contributed by atoms with Gasteiger partial charge in [-0.3, -0.25) is 4.79 Å². The lowest BCUT2D eigenvalue weighted by Crippen LogP contribution is -2.14. The predicted octanol–water partition coefficient (Wildman–Crippen LogP) is 3.93. The van der Waals surface area contributed by atoms with Crippen molar-refractivity contribution in [3.8, 4) is 0 Å². The first-order chi connectivity index (χ1) is 11.6. The molecule has 2 N–H and O–H groups in total. The molecule has 0 aliphatic heterocycles. The second kappa shape index (κ2) is 7.50. The Balaban J connectivity index is 1.59. The summed E-state index contributed by atoms with van der Waals surface area (Å²) in [5.41, 5.74) is 2.53. The number of nitrogens with zero attached hydrogens (tertiary/aromatic N) is 3. The molecule has 0 atom stereocenters. The first-order valence-corrected chi connectivity index (χ1v) is 8.82. The average molecular weight is 404 g/mol. The summed E-state index contributed by atoms with van der Waals surface area (Å²) < 4.78 is 1.01. The molecule has 6 nitrogen and oxygen atoms in total. The van der Waals surface area contributed by atoms with Gasteiger partial charge < -0.3 is 10.6 Å². The number of carbonyl (C=O) groups is 1. The molecule has 0 fully saturated rings. The van der Waals surface area contributed by atoms with Gasteiger partial charge in [0.15, 0.2) is 5.13 Å². The molecule has 3 aromatic rings. The van der Waals surface area contributed by atoms with E-state index in [-0.39, 0.29) is 12.3 Å². The summed E-state index contributed by atoms with van der Waals surface area (Å²) >= 11 is 4.85. The van der Waals surface area contributed by atoms with Gasteiger partial charge in [0.25, 0.3) is 0 Å². The van der Waals surface area contributed by atoms with Crippen LogP contribution in [-0.4, -0.2) is 20.9 Å². The molecular formula is C16H14BrN5OS. The number of halogens is 1. The van der Waals surface area contributed by atoms with E-state index in [4.69, 9.17) is 0 Å². The molecule has 1 aromatic carbocycles. The Morgan fingerprint density at radius 2 is 2.08 bits per heavy atom. The third kappa shape index (κ3) is 4.36. The van der Waals surface area contributed by atoms with Gasteiger partial charge in [-0.25, -0.2) is 15.0 Å². The maximum absolute atomic E-state index is 12.1. The highest BCUT2D eigenvalue weighted by Crippen LogP contribution is 2.21. The number of anilines is 3. The van der Waals surface area contributed by atoms with Crippen molar-refractivity contribution in [1.29, 1.82) is 0 Å². The third-order valence-corrected chi connectivity index (χ3v) is 4.82. The molecule has 0 unspecified atom stereocenters. The van der Waals surface area contributed by atoms with Crippen LogP contribution in [0, 0.1) is 6.92 Å². The van der Waals surface area contributed by atoms with E-state index < -0.39 is 0 Å². The molecule has 0 radical (unpaired) electrons. The van der Waals surface area contributed by atoms with E-state index in [9.17, 15) is 4.79 Å². The normalized spacial score (nSPS) is 10.4. The molecule has 0 aliphatic rings. The van der Waals surface area contributed by atoms with Crippen molar-refractivity contribution in [3.05, 3.63) is 57.8 Å². The number of amides is 1. The number of thiazole rings is 1. The summed E-state index contributed by atoms with van der Waals surface area (Å²) in [7, 11) is 0. The van der Waals surface area contributed by atoms with Crippen molar-refractivity contribution >= 4 is 49.9 Å². The standard InChI is InChI=1S/C16H14BrN5OS/c1-10-7-11(3-4-13(10)17)20-14(23)8-12-9-24-16(21-12)22-15-18-5-2-6-19-15/h2-7,9H,8H2,1H3,(H,20,23)(H,18,19,21,22). The highest BCUT2D eigenvalue weighted by atomic mass is 79.9. The van der Waals surface area contributed by atoms with E-state index in [2.05, 4.69) is 41.5 Å². The van der Waals surface area contributed by atoms with Crippen molar-refractivity contribution in [2.24, 2.45) is 0 Å². The Morgan fingerprint density at radius 1 is 1.29 bits per heavy atom. The molecule has 0 bridgehead atoms. The van der Waals surface area contributed by atoms with Gasteiger partial charge in [0.05, 0.1) is 12.1 Å². The lowest BCUT2D eigenvalue weighted by Gasteiger charge is -2.06. The van der Waals surface area contributed by atoms with E-state index in [1.165, 1.54) is 11.3 Å². The van der Waals surface area contributed by atoms with Crippen LogP contribution in [0.1, 0.15) is 11.3 Å². The maximum atomic E-state index is 12.1. The number of aromatic nitrogens is 3.